The zero-order valence-corrected chi connectivity index (χ0v) is 9.45. The van der Waals surface area contributed by atoms with Gasteiger partial charge in [-0.2, -0.15) is 0 Å². The zero-order chi connectivity index (χ0) is 12.4. The number of carbonyl (C=O) groups is 1. The van der Waals surface area contributed by atoms with Crippen LogP contribution in [0.15, 0.2) is 48.7 Å². The normalized spacial score (nSPS) is 10.4. The van der Waals surface area contributed by atoms with Crippen molar-refractivity contribution in [3.8, 4) is 11.4 Å². The van der Waals surface area contributed by atoms with Gasteiger partial charge in [-0.25, -0.2) is 9.50 Å². The lowest BCUT2D eigenvalue weighted by Gasteiger charge is -1.96. The lowest BCUT2D eigenvalue weighted by atomic mass is 10.2. The van der Waals surface area contributed by atoms with Crippen molar-refractivity contribution in [2.45, 2.75) is 0 Å². The van der Waals surface area contributed by atoms with Crippen LogP contribution in [-0.2, 0) is 4.79 Å². The Bertz CT molecular complexity index is 691. The van der Waals surface area contributed by atoms with Crippen LogP contribution in [0.5, 0.6) is 0 Å². The first kappa shape index (κ1) is 10.5. The van der Waals surface area contributed by atoms with E-state index < -0.39 is 0 Å². The quantitative estimate of drug-likeness (QED) is 0.709. The second-order valence-electron chi connectivity index (χ2n) is 3.78. The van der Waals surface area contributed by atoms with Crippen molar-refractivity contribution in [2.24, 2.45) is 0 Å². The first-order chi connectivity index (χ1) is 8.86. The van der Waals surface area contributed by atoms with Crippen molar-refractivity contribution in [2.75, 3.05) is 5.32 Å². The van der Waals surface area contributed by atoms with Gasteiger partial charge in [0.05, 0.1) is 0 Å². The van der Waals surface area contributed by atoms with Gasteiger partial charge in [0.25, 0.3) is 0 Å². The molecule has 88 valence electrons. The first-order valence-corrected chi connectivity index (χ1v) is 5.49. The Morgan fingerprint density at radius 3 is 2.78 bits per heavy atom. The van der Waals surface area contributed by atoms with Crippen molar-refractivity contribution >= 4 is 17.7 Å². The molecule has 3 rings (SSSR count). The minimum Gasteiger partial charge on any atom is -0.329 e. The number of nitrogens with one attached hydrogen (secondary N) is 1. The standard InChI is InChI=1S/C13H10N4O/c18-9-14-11-6-7-17-12(8-11)15-13(16-17)10-4-2-1-3-5-10/h1-9H,(H,14,18). The molecule has 0 bridgehead atoms. The van der Waals surface area contributed by atoms with Crippen LogP contribution in [-0.4, -0.2) is 21.0 Å². The summed E-state index contributed by atoms with van der Waals surface area (Å²) in [6, 6.07) is 13.3. The van der Waals surface area contributed by atoms with Crippen molar-refractivity contribution in [3.63, 3.8) is 0 Å². The highest BCUT2D eigenvalue weighted by atomic mass is 16.1. The highest BCUT2D eigenvalue weighted by molar-refractivity contribution is 5.73. The van der Waals surface area contributed by atoms with E-state index >= 15 is 0 Å². The topological polar surface area (TPSA) is 59.3 Å². The van der Waals surface area contributed by atoms with Crippen molar-refractivity contribution in [1.82, 2.24) is 14.6 Å². The van der Waals surface area contributed by atoms with E-state index in [2.05, 4.69) is 15.4 Å². The average Bonchev–Trinajstić information content (AvgIpc) is 2.83. The van der Waals surface area contributed by atoms with E-state index in [1.165, 1.54) is 0 Å². The molecule has 1 N–H and O–H groups in total. The molecular weight excluding hydrogens is 228 g/mol. The monoisotopic (exact) mass is 238 g/mol. The van der Waals surface area contributed by atoms with E-state index in [0.717, 1.165) is 5.56 Å². The summed E-state index contributed by atoms with van der Waals surface area (Å²) in [6.45, 7) is 0. The summed E-state index contributed by atoms with van der Waals surface area (Å²) in [7, 11) is 0. The van der Waals surface area contributed by atoms with E-state index in [4.69, 9.17) is 0 Å². The van der Waals surface area contributed by atoms with Crippen molar-refractivity contribution < 1.29 is 4.79 Å². The van der Waals surface area contributed by atoms with Crippen LogP contribution in [0, 0.1) is 0 Å². The molecule has 0 spiro atoms. The molecule has 5 nitrogen and oxygen atoms in total. The minimum absolute atomic E-state index is 0.639. The summed E-state index contributed by atoms with van der Waals surface area (Å²) < 4.78 is 1.68. The molecular formula is C13H10N4O. The third-order valence-electron chi connectivity index (χ3n) is 2.60. The maximum absolute atomic E-state index is 10.4. The summed E-state index contributed by atoms with van der Waals surface area (Å²) in [4.78, 5) is 14.8. The van der Waals surface area contributed by atoms with E-state index in [1.54, 1.807) is 22.8 Å². The van der Waals surface area contributed by atoms with Gasteiger partial charge >= 0.3 is 0 Å². The molecule has 0 unspecified atom stereocenters. The molecule has 0 saturated heterocycles. The molecule has 0 atom stereocenters. The van der Waals surface area contributed by atoms with Crippen LogP contribution in [0.2, 0.25) is 0 Å². The molecule has 1 aromatic carbocycles. The second kappa shape index (κ2) is 4.29. The Morgan fingerprint density at radius 2 is 2.00 bits per heavy atom. The molecule has 0 fully saturated rings. The summed E-state index contributed by atoms with van der Waals surface area (Å²) >= 11 is 0. The summed E-state index contributed by atoms with van der Waals surface area (Å²) in [5.74, 6) is 0.666. The lowest BCUT2D eigenvalue weighted by Crippen LogP contribution is -1.95. The van der Waals surface area contributed by atoms with Crippen LogP contribution < -0.4 is 5.32 Å². The highest BCUT2D eigenvalue weighted by Crippen LogP contribution is 2.17. The molecule has 3 aromatic rings. The Balaban J connectivity index is 2.08. The van der Waals surface area contributed by atoms with E-state index in [9.17, 15) is 4.79 Å². The summed E-state index contributed by atoms with van der Waals surface area (Å²) in [5, 5.41) is 6.96. The summed E-state index contributed by atoms with van der Waals surface area (Å²) in [5.41, 5.74) is 2.36. The van der Waals surface area contributed by atoms with Crippen LogP contribution in [0.4, 0.5) is 5.69 Å². The number of rotatable bonds is 3. The molecule has 0 aliphatic carbocycles. The van der Waals surface area contributed by atoms with Crippen LogP contribution in [0.3, 0.4) is 0 Å². The average molecular weight is 238 g/mol. The molecule has 2 heterocycles. The Kier molecular flexibility index (Phi) is 2.49. The Hall–Kier alpha value is -2.69. The zero-order valence-electron chi connectivity index (χ0n) is 9.45. The number of anilines is 1. The molecule has 0 radical (unpaired) electrons. The van der Waals surface area contributed by atoms with Gasteiger partial charge in [0.1, 0.15) is 0 Å². The van der Waals surface area contributed by atoms with Gasteiger partial charge in [0.2, 0.25) is 6.41 Å². The smallest absolute Gasteiger partial charge is 0.211 e. The van der Waals surface area contributed by atoms with Gasteiger partial charge in [-0.3, -0.25) is 4.79 Å². The first-order valence-electron chi connectivity index (χ1n) is 5.49. The maximum Gasteiger partial charge on any atom is 0.211 e. The highest BCUT2D eigenvalue weighted by Gasteiger charge is 2.05. The molecule has 5 heteroatoms. The predicted octanol–water partition coefficient (Wildman–Crippen LogP) is 1.96. The minimum atomic E-state index is 0.639. The summed E-state index contributed by atoms with van der Waals surface area (Å²) in [6.07, 6.45) is 2.40. The Labute approximate surface area is 103 Å². The van der Waals surface area contributed by atoms with Gasteiger partial charge in [-0.1, -0.05) is 30.3 Å². The largest absolute Gasteiger partial charge is 0.329 e. The fraction of sp³-hybridized carbons (Fsp3) is 0. The molecule has 0 aliphatic heterocycles. The van der Waals surface area contributed by atoms with Crippen LogP contribution in [0.1, 0.15) is 0 Å². The number of carbonyl (C=O) groups excluding carboxylic acids is 1. The molecule has 18 heavy (non-hydrogen) atoms. The van der Waals surface area contributed by atoms with Gasteiger partial charge in [0, 0.05) is 23.5 Å². The van der Waals surface area contributed by atoms with Crippen LogP contribution in [0.25, 0.3) is 17.0 Å². The van der Waals surface area contributed by atoms with Crippen molar-refractivity contribution in [1.29, 1.82) is 0 Å². The number of benzene rings is 1. The fourth-order valence-corrected chi connectivity index (χ4v) is 1.75. The van der Waals surface area contributed by atoms with Crippen molar-refractivity contribution in [3.05, 3.63) is 48.7 Å². The maximum atomic E-state index is 10.4. The van der Waals surface area contributed by atoms with E-state index in [1.807, 2.05) is 30.3 Å². The second-order valence-corrected chi connectivity index (χ2v) is 3.78. The Morgan fingerprint density at radius 1 is 1.17 bits per heavy atom. The number of aromatic nitrogens is 3. The SMILES string of the molecule is O=CNc1ccn2nc(-c3ccccc3)nc2c1. The molecule has 0 saturated carbocycles. The fourth-order valence-electron chi connectivity index (χ4n) is 1.75. The van der Waals surface area contributed by atoms with Gasteiger partial charge in [0.15, 0.2) is 11.5 Å². The number of hydrogen-bond donors (Lipinski definition) is 1. The van der Waals surface area contributed by atoms with Gasteiger partial charge < -0.3 is 5.32 Å². The van der Waals surface area contributed by atoms with E-state index in [-0.39, 0.29) is 0 Å². The van der Waals surface area contributed by atoms with Crippen LogP contribution >= 0.6 is 0 Å². The third kappa shape index (κ3) is 1.82. The van der Waals surface area contributed by atoms with Gasteiger partial charge in [-0.15, -0.1) is 5.10 Å². The number of hydrogen-bond acceptors (Lipinski definition) is 3. The number of fused-ring (bicyclic) bond motifs is 1. The van der Waals surface area contributed by atoms with E-state index in [0.29, 0.717) is 23.6 Å². The number of nitrogens with zero attached hydrogens (tertiary/aromatic N) is 3. The number of pyridine rings is 1. The molecule has 2 aromatic heterocycles. The number of amides is 1. The van der Waals surface area contributed by atoms with Gasteiger partial charge in [-0.05, 0) is 6.07 Å². The molecule has 0 aliphatic rings. The third-order valence-corrected chi connectivity index (χ3v) is 2.60. The molecule has 1 amide bonds. The lowest BCUT2D eigenvalue weighted by molar-refractivity contribution is -0.105. The predicted molar refractivity (Wildman–Crippen MR) is 68.1 cm³/mol.